The van der Waals surface area contributed by atoms with E-state index >= 15 is 0 Å². The van der Waals surface area contributed by atoms with Crippen molar-refractivity contribution in [3.05, 3.63) is 45.8 Å². The molecule has 0 bridgehead atoms. The number of aryl methyl sites for hydroxylation is 1. The molecule has 2 aromatic heterocycles. The summed E-state index contributed by atoms with van der Waals surface area (Å²) in [7, 11) is 0. The molecule has 1 fully saturated rings. The first-order valence-corrected chi connectivity index (χ1v) is 8.22. The summed E-state index contributed by atoms with van der Waals surface area (Å²) < 4.78 is 5.26. The maximum absolute atomic E-state index is 12.3. The Morgan fingerprint density at radius 2 is 2.18 bits per heavy atom. The lowest BCUT2D eigenvalue weighted by atomic mass is 10.2. The highest BCUT2D eigenvalue weighted by Gasteiger charge is 2.18. The van der Waals surface area contributed by atoms with Gasteiger partial charge in [-0.15, -0.1) is 11.3 Å². The molecule has 0 radical (unpaired) electrons. The summed E-state index contributed by atoms with van der Waals surface area (Å²) in [5.74, 6) is 0.808. The molecule has 22 heavy (non-hydrogen) atoms. The molecule has 0 aromatic carbocycles. The van der Waals surface area contributed by atoms with Crippen LogP contribution in [-0.4, -0.2) is 42.1 Å². The molecule has 1 aliphatic heterocycles. The van der Waals surface area contributed by atoms with Gasteiger partial charge in [0, 0.05) is 24.2 Å². The molecule has 6 heteroatoms. The number of carbonyl (C=O) groups excluding carboxylic acids is 1. The molecular weight excluding hydrogens is 298 g/mol. The molecule has 0 saturated carbocycles. The summed E-state index contributed by atoms with van der Waals surface area (Å²) in [6.45, 7) is 5.38. The monoisotopic (exact) mass is 317 g/mol. The second-order valence-corrected chi connectivity index (χ2v) is 6.22. The molecule has 3 rings (SSSR count). The van der Waals surface area contributed by atoms with Crippen molar-refractivity contribution in [2.24, 2.45) is 0 Å². The lowest BCUT2D eigenvalue weighted by molar-refractivity contribution is 0.0302. The fourth-order valence-electron chi connectivity index (χ4n) is 2.33. The first-order chi connectivity index (χ1) is 10.7. The van der Waals surface area contributed by atoms with Crippen LogP contribution in [0, 0.1) is 6.92 Å². The zero-order chi connectivity index (χ0) is 15.4. The largest absolute Gasteiger partial charge is 0.378 e. The van der Waals surface area contributed by atoms with Gasteiger partial charge in [0.15, 0.2) is 0 Å². The topological polar surface area (TPSA) is 54.5 Å². The van der Waals surface area contributed by atoms with E-state index in [0.717, 1.165) is 12.4 Å². The number of hydrogen-bond acceptors (Lipinski definition) is 5. The molecule has 0 aliphatic carbocycles. The van der Waals surface area contributed by atoms with Crippen molar-refractivity contribution >= 4 is 23.1 Å². The minimum Gasteiger partial charge on any atom is -0.378 e. The molecule has 1 amide bonds. The number of morpholine rings is 1. The van der Waals surface area contributed by atoms with Crippen LogP contribution >= 0.6 is 11.3 Å². The van der Waals surface area contributed by atoms with E-state index < -0.39 is 0 Å². The summed E-state index contributed by atoms with van der Waals surface area (Å²) in [6, 6.07) is 5.80. The Labute approximate surface area is 133 Å². The third-order valence-electron chi connectivity index (χ3n) is 3.71. The Hall–Kier alpha value is -1.92. The number of pyridine rings is 1. The summed E-state index contributed by atoms with van der Waals surface area (Å²) >= 11 is 1.73. The van der Waals surface area contributed by atoms with Crippen LogP contribution in [0.1, 0.15) is 20.8 Å². The molecule has 1 N–H and O–H groups in total. The Bertz CT molecular complexity index is 633. The Morgan fingerprint density at radius 3 is 2.82 bits per heavy atom. The number of ether oxygens (including phenoxy) is 1. The first kappa shape index (κ1) is 15.0. The van der Waals surface area contributed by atoms with Crippen molar-refractivity contribution in [1.29, 1.82) is 0 Å². The summed E-state index contributed by atoms with van der Waals surface area (Å²) in [6.07, 6.45) is 1.64. The van der Waals surface area contributed by atoms with E-state index in [1.54, 1.807) is 17.5 Å². The molecule has 0 atom stereocenters. The number of nitrogens with zero attached hydrogens (tertiary/aromatic N) is 2. The smallest absolute Gasteiger partial charge is 0.255 e. The minimum atomic E-state index is 0.0245. The van der Waals surface area contributed by atoms with Crippen LogP contribution in [0.5, 0.6) is 0 Å². The minimum absolute atomic E-state index is 0.0245. The third kappa shape index (κ3) is 3.45. The van der Waals surface area contributed by atoms with Crippen molar-refractivity contribution in [1.82, 2.24) is 9.88 Å². The molecule has 1 saturated heterocycles. The lowest BCUT2D eigenvalue weighted by Gasteiger charge is -2.26. The third-order valence-corrected chi connectivity index (χ3v) is 4.73. The van der Waals surface area contributed by atoms with E-state index in [1.165, 1.54) is 10.4 Å². The Morgan fingerprint density at radius 1 is 1.36 bits per heavy atom. The SMILES string of the molecule is Cc1ccsc1CNc1ccc(C(=O)N2CCOCC2)cn1. The zero-order valence-electron chi connectivity index (χ0n) is 12.5. The molecule has 116 valence electrons. The van der Waals surface area contributed by atoms with E-state index in [9.17, 15) is 4.79 Å². The molecule has 0 unspecified atom stereocenters. The second kappa shape index (κ2) is 6.89. The van der Waals surface area contributed by atoms with Gasteiger partial charge < -0.3 is 15.0 Å². The maximum atomic E-state index is 12.3. The van der Waals surface area contributed by atoms with Gasteiger partial charge in [-0.25, -0.2) is 4.98 Å². The number of anilines is 1. The van der Waals surface area contributed by atoms with Crippen molar-refractivity contribution in [2.45, 2.75) is 13.5 Å². The number of nitrogens with one attached hydrogen (secondary N) is 1. The van der Waals surface area contributed by atoms with Gasteiger partial charge in [-0.3, -0.25) is 4.79 Å². The van der Waals surface area contributed by atoms with Gasteiger partial charge >= 0.3 is 0 Å². The van der Waals surface area contributed by atoms with Crippen molar-refractivity contribution in [3.63, 3.8) is 0 Å². The van der Waals surface area contributed by atoms with Crippen LogP contribution in [0.15, 0.2) is 29.8 Å². The fraction of sp³-hybridized carbons (Fsp3) is 0.375. The number of hydrogen-bond donors (Lipinski definition) is 1. The number of rotatable bonds is 4. The van der Waals surface area contributed by atoms with E-state index in [-0.39, 0.29) is 5.91 Å². The van der Waals surface area contributed by atoms with Gasteiger partial charge in [0.2, 0.25) is 0 Å². The van der Waals surface area contributed by atoms with Gasteiger partial charge in [0.25, 0.3) is 5.91 Å². The fourth-order valence-corrected chi connectivity index (χ4v) is 3.18. The van der Waals surface area contributed by atoms with Crippen LogP contribution in [0.25, 0.3) is 0 Å². The van der Waals surface area contributed by atoms with Gasteiger partial charge in [0.1, 0.15) is 5.82 Å². The van der Waals surface area contributed by atoms with Crippen LogP contribution in [0.4, 0.5) is 5.82 Å². The van der Waals surface area contributed by atoms with Gasteiger partial charge in [-0.2, -0.15) is 0 Å². The van der Waals surface area contributed by atoms with E-state index in [4.69, 9.17) is 4.74 Å². The first-order valence-electron chi connectivity index (χ1n) is 7.34. The predicted molar refractivity (Wildman–Crippen MR) is 87.3 cm³/mol. The van der Waals surface area contributed by atoms with Crippen molar-refractivity contribution < 1.29 is 9.53 Å². The Kier molecular flexibility index (Phi) is 4.70. The average molecular weight is 317 g/mol. The van der Waals surface area contributed by atoms with Crippen LogP contribution in [-0.2, 0) is 11.3 Å². The highest BCUT2D eigenvalue weighted by atomic mass is 32.1. The van der Waals surface area contributed by atoms with Gasteiger partial charge in [-0.1, -0.05) is 0 Å². The molecule has 5 nitrogen and oxygen atoms in total. The van der Waals surface area contributed by atoms with Crippen LogP contribution in [0.2, 0.25) is 0 Å². The summed E-state index contributed by atoms with van der Waals surface area (Å²) in [5, 5.41) is 5.38. The second-order valence-electron chi connectivity index (χ2n) is 5.22. The van der Waals surface area contributed by atoms with Crippen LogP contribution in [0.3, 0.4) is 0 Å². The molecule has 2 aromatic rings. The highest BCUT2D eigenvalue weighted by Crippen LogP contribution is 2.17. The van der Waals surface area contributed by atoms with Crippen LogP contribution < -0.4 is 5.32 Å². The molecule has 3 heterocycles. The van der Waals surface area contributed by atoms with Gasteiger partial charge in [-0.05, 0) is 36.1 Å². The number of thiophene rings is 1. The highest BCUT2D eigenvalue weighted by molar-refractivity contribution is 7.10. The Balaban J connectivity index is 1.60. The van der Waals surface area contributed by atoms with Gasteiger partial charge in [0.05, 0.1) is 25.3 Å². The summed E-state index contributed by atoms with van der Waals surface area (Å²) in [5.41, 5.74) is 1.91. The molecular formula is C16H19N3O2S. The quantitative estimate of drug-likeness (QED) is 0.941. The number of aromatic nitrogens is 1. The molecule has 1 aliphatic rings. The predicted octanol–water partition coefficient (Wildman–Crippen LogP) is 2.54. The average Bonchev–Trinajstić information content (AvgIpc) is 2.99. The van der Waals surface area contributed by atoms with E-state index in [0.29, 0.717) is 31.9 Å². The lowest BCUT2D eigenvalue weighted by Crippen LogP contribution is -2.40. The number of carbonyl (C=O) groups is 1. The van der Waals surface area contributed by atoms with Crippen molar-refractivity contribution in [2.75, 3.05) is 31.6 Å². The van der Waals surface area contributed by atoms with E-state index in [2.05, 4.69) is 28.7 Å². The molecule has 0 spiro atoms. The van der Waals surface area contributed by atoms with E-state index in [1.807, 2.05) is 17.0 Å². The maximum Gasteiger partial charge on any atom is 0.255 e. The van der Waals surface area contributed by atoms with Crippen molar-refractivity contribution in [3.8, 4) is 0 Å². The summed E-state index contributed by atoms with van der Waals surface area (Å²) in [4.78, 5) is 19.8. The normalized spacial score (nSPS) is 14.9. The standard InChI is InChI=1S/C16H19N3O2S/c1-12-4-9-22-14(12)11-18-15-3-2-13(10-17-15)16(20)19-5-7-21-8-6-19/h2-4,9-10H,5-8,11H2,1H3,(H,17,18). The number of amides is 1. The zero-order valence-corrected chi connectivity index (χ0v) is 13.4.